The van der Waals surface area contributed by atoms with Crippen LogP contribution in [0, 0.1) is 11.3 Å². The van der Waals surface area contributed by atoms with Crippen LogP contribution in [0.15, 0.2) is 42.5 Å². The van der Waals surface area contributed by atoms with Gasteiger partial charge in [-0.2, -0.15) is 5.26 Å². The fourth-order valence-electron chi connectivity index (χ4n) is 2.47. The molecule has 2 heterocycles. The Bertz CT molecular complexity index is 642. The monoisotopic (exact) mass is 268 g/mol. The average Bonchev–Trinajstić information content (AvgIpc) is 3.05. The maximum Gasteiger partial charge on any atom is 0.228 e. The normalized spacial score (nSPS) is 18.6. The van der Waals surface area contributed by atoms with Gasteiger partial charge in [-0.25, -0.2) is 0 Å². The molecular weight excluding hydrogens is 256 g/mol. The van der Waals surface area contributed by atoms with Crippen molar-refractivity contribution in [1.29, 1.82) is 5.26 Å². The van der Waals surface area contributed by atoms with Crippen molar-refractivity contribution in [2.75, 3.05) is 4.90 Å². The van der Waals surface area contributed by atoms with Gasteiger partial charge in [0, 0.05) is 6.42 Å². The zero-order valence-corrected chi connectivity index (χ0v) is 11.1. The first kappa shape index (κ1) is 11.9. The first-order chi connectivity index (χ1) is 9.29. The van der Waals surface area contributed by atoms with E-state index in [-0.39, 0.29) is 11.9 Å². The summed E-state index contributed by atoms with van der Waals surface area (Å²) in [5.41, 5.74) is 1.15. The lowest BCUT2D eigenvalue weighted by atomic mass is 10.1. The van der Waals surface area contributed by atoms with E-state index in [0.29, 0.717) is 11.3 Å². The summed E-state index contributed by atoms with van der Waals surface area (Å²) in [5, 5.41) is 9.77. The van der Waals surface area contributed by atoms with Crippen LogP contribution >= 0.6 is 11.3 Å². The first-order valence-corrected chi connectivity index (χ1v) is 6.98. The number of hydrogen-bond acceptors (Lipinski definition) is 3. The topological polar surface area (TPSA) is 44.1 Å². The molecule has 0 N–H and O–H groups in total. The Balaban J connectivity index is 1.97. The van der Waals surface area contributed by atoms with Gasteiger partial charge in [0.25, 0.3) is 0 Å². The highest BCUT2D eigenvalue weighted by molar-refractivity contribution is 7.16. The summed E-state index contributed by atoms with van der Waals surface area (Å²) in [5.74, 6) is 0.139. The van der Waals surface area contributed by atoms with Gasteiger partial charge in [-0.1, -0.05) is 30.3 Å². The molecule has 3 nitrogen and oxygen atoms in total. The van der Waals surface area contributed by atoms with Crippen LogP contribution in [-0.2, 0) is 4.79 Å². The molecule has 1 aromatic heterocycles. The van der Waals surface area contributed by atoms with E-state index in [1.165, 1.54) is 11.3 Å². The number of hydrogen-bond donors (Lipinski definition) is 0. The predicted octanol–water partition coefficient (Wildman–Crippen LogP) is 3.49. The number of carbonyl (C=O) groups is 1. The average molecular weight is 268 g/mol. The zero-order chi connectivity index (χ0) is 13.2. The Morgan fingerprint density at radius 1 is 1.21 bits per heavy atom. The summed E-state index contributed by atoms with van der Waals surface area (Å²) < 4.78 is 0. The van der Waals surface area contributed by atoms with Crippen molar-refractivity contribution in [3.05, 3.63) is 52.9 Å². The van der Waals surface area contributed by atoms with Crippen LogP contribution in [0.4, 0.5) is 5.00 Å². The molecule has 94 valence electrons. The summed E-state index contributed by atoms with van der Waals surface area (Å²) in [6.45, 7) is 0. The summed E-state index contributed by atoms with van der Waals surface area (Å²) in [7, 11) is 0. The molecule has 1 amide bonds. The van der Waals surface area contributed by atoms with Crippen molar-refractivity contribution in [3.8, 4) is 6.07 Å². The lowest BCUT2D eigenvalue weighted by Gasteiger charge is -2.23. The molecule has 1 saturated heterocycles. The molecule has 0 aliphatic carbocycles. The van der Waals surface area contributed by atoms with Crippen molar-refractivity contribution in [2.45, 2.75) is 18.9 Å². The number of carbonyl (C=O) groups excluding carboxylic acids is 1. The van der Waals surface area contributed by atoms with Gasteiger partial charge in [-0.05, 0) is 24.1 Å². The molecule has 2 aromatic rings. The van der Waals surface area contributed by atoms with Gasteiger partial charge in [-0.15, -0.1) is 11.3 Å². The van der Waals surface area contributed by atoms with Crippen molar-refractivity contribution in [2.24, 2.45) is 0 Å². The van der Waals surface area contributed by atoms with Crippen LogP contribution in [0.2, 0.25) is 0 Å². The van der Waals surface area contributed by atoms with E-state index in [9.17, 15) is 4.79 Å². The van der Waals surface area contributed by atoms with Crippen LogP contribution in [0.5, 0.6) is 0 Å². The van der Waals surface area contributed by atoms with Crippen molar-refractivity contribution in [3.63, 3.8) is 0 Å². The Morgan fingerprint density at radius 3 is 2.68 bits per heavy atom. The number of thiophene rings is 1. The van der Waals surface area contributed by atoms with E-state index in [1.54, 1.807) is 6.07 Å². The maximum absolute atomic E-state index is 12.1. The SMILES string of the molecule is N#Cc1ccc(N2C(=O)CCC2c2ccccc2)s1. The van der Waals surface area contributed by atoms with E-state index in [4.69, 9.17) is 5.26 Å². The maximum atomic E-state index is 12.1. The molecular formula is C15H12N2OS. The van der Waals surface area contributed by atoms with Gasteiger partial charge in [0.1, 0.15) is 10.9 Å². The second kappa shape index (κ2) is 4.87. The van der Waals surface area contributed by atoms with Crippen LogP contribution in [0.1, 0.15) is 29.3 Å². The zero-order valence-electron chi connectivity index (χ0n) is 10.2. The van der Waals surface area contributed by atoms with Crippen molar-refractivity contribution in [1.82, 2.24) is 0 Å². The molecule has 1 aromatic carbocycles. The van der Waals surface area contributed by atoms with Gasteiger partial charge in [-0.3, -0.25) is 9.69 Å². The standard InChI is InChI=1S/C15H12N2OS/c16-10-12-6-9-15(19-12)17-13(7-8-14(17)18)11-4-2-1-3-5-11/h1-6,9,13H,7-8H2. The lowest BCUT2D eigenvalue weighted by molar-refractivity contribution is -0.117. The predicted molar refractivity (Wildman–Crippen MR) is 74.9 cm³/mol. The molecule has 1 atom stereocenters. The minimum atomic E-state index is 0.0962. The molecule has 0 radical (unpaired) electrons. The summed E-state index contributed by atoms with van der Waals surface area (Å²) >= 11 is 1.38. The number of nitrogens with zero attached hydrogens (tertiary/aromatic N) is 2. The fraction of sp³-hybridized carbons (Fsp3) is 0.200. The van der Waals surface area contributed by atoms with Crippen LogP contribution < -0.4 is 4.90 Å². The third kappa shape index (κ3) is 2.13. The Labute approximate surface area is 115 Å². The number of benzene rings is 1. The van der Waals surface area contributed by atoms with E-state index in [2.05, 4.69) is 18.2 Å². The molecule has 1 aliphatic heterocycles. The van der Waals surface area contributed by atoms with Crippen LogP contribution in [0.3, 0.4) is 0 Å². The minimum absolute atomic E-state index is 0.0962. The molecule has 3 rings (SSSR count). The number of anilines is 1. The smallest absolute Gasteiger partial charge is 0.228 e. The number of nitriles is 1. The third-order valence-electron chi connectivity index (χ3n) is 3.34. The lowest BCUT2D eigenvalue weighted by Crippen LogP contribution is -2.26. The van der Waals surface area contributed by atoms with E-state index in [0.717, 1.165) is 17.0 Å². The quantitative estimate of drug-likeness (QED) is 0.836. The molecule has 19 heavy (non-hydrogen) atoms. The Hall–Kier alpha value is -2.12. The van der Waals surface area contributed by atoms with Crippen LogP contribution in [0.25, 0.3) is 0 Å². The summed E-state index contributed by atoms with van der Waals surface area (Å²) in [4.78, 5) is 14.6. The first-order valence-electron chi connectivity index (χ1n) is 6.16. The van der Waals surface area contributed by atoms with Crippen molar-refractivity contribution < 1.29 is 4.79 Å². The molecule has 0 spiro atoms. The summed E-state index contributed by atoms with van der Waals surface area (Å²) in [6, 6.07) is 15.9. The van der Waals surface area contributed by atoms with Gasteiger partial charge in [0.2, 0.25) is 5.91 Å². The second-order valence-corrected chi connectivity index (χ2v) is 5.54. The third-order valence-corrected chi connectivity index (χ3v) is 4.32. The highest BCUT2D eigenvalue weighted by atomic mass is 32.1. The summed E-state index contributed by atoms with van der Waals surface area (Å²) in [6.07, 6.45) is 1.40. The molecule has 1 fully saturated rings. The molecule has 1 aliphatic rings. The Kier molecular flexibility index (Phi) is 3.06. The van der Waals surface area contributed by atoms with E-state index in [1.807, 2.05) is 29.2 Å². The minimum Gasteiger partial charge on any atom is -0.296 e. The van der Waals surface area contributed by atoms with Gasteiger partial charge < -0.3 is 0 Å². The fourth-order valence-corrected chi connectivity index (χ4v) is 3.34. The second-order valence-electron chi connectivity index (χ2n) is 4.48. The molecule has 4 heteroatoms. The van der Waals surface area contributed by atoms with E-state index < -0.39 is 0 Å². The van der Waals surface area contributed by atoms with E-state index >= 15 is 0 Å². The largest absolute Gasteiger partial charge is 0.296 e. The van der Waals surface area contributed by atoms with Gasteiger partial charge in [0.15, 0.2) is 0 Å². The molecule has 1 unspecified atom stereocenters. The number of rotatable bonds is 2. The van der Waals surface area contributed by atoms with Crippen molar-refractivity contribution >= 4 is 22.2 Å². The molecule has 0 bridgehead atoms. The molecule has 0 saturated carbocycles. The highest BCUT2D eigenvalue weighted by Crippen LogP contribution is 2.39. The van der Waals surface area contributed by atoms with Gasteiger partial charge >= 0.3 is 0 Å². The Morgan fingerprint density at radius 2 is 2.00 bits per heavy atom. The number of amides is 1. The highest BCUT2D eigenvalue weighted by Gasteiger charge is 2.33. The van der Waals surface area contributed by atoms with Gasteiger partial charge in [0.05, 0.1) is 11.0 Å². The van der Waals surface area contributed by atoms with Crippen LogP contribution in [-0.4, -0.2) is 5.91 Å².